The van der Waals surface area contributed by atoms with Crippen molar-refractivity contribution in [3.8, 4) is 33.7 Å². The van der Waals surface area contributed by atoms with Crippen molar-refractivity contribution in [2.45, 2.75) is 12.5 Å². The number of halogens is 3. The van der Waals surface area contributed by atoms with Crippen molar-refractivity contribution in [3.05, 3.63) is 88.1 Å². The molecule has 0 aliphatic carbocycles. The van der Waals surface area contributed by atoms with E-state index >= 15 is 0 Å². The Labute approximate surface area is 204 Å². The van der Waals surface area contributed by atoms with E-state index in [1.165, 1.54) is 33.4 Å². The first-order valence-corrected chi connectivity index (χ1v) is 11.4. The number of imidazole rings is 1. The number of hydrogen-bond donors (Lipinski definition) is 2. The zero-order valence-corrected chi connectivity index (χ0v) is 19.5. The Morgan fingerprint density at radius 3 is 2.26 bits per heavy atom. The number of aromatic hydroxyl groups is 1. The van der Waals surface area contributed by atoms with Crippen LogP contribution in [0.3, 0.4) is 0 Å². The van der Waals surface area contributed by atoms with Crippen LogP contribution in [0.1, 0.15) is 6.42 Å². The summed E-state index contributed by atoms with van der Waals surface area (Å²) >= 11 is 6.45. The summed E-state index contributed by atoms with van der Waals surface area (Å²) < 4.78 is 32.0. The molecule has 0 spiro atoms. The fraction of sp³-hybridized carbons (Fsp3) is 0.192. The van der Waals surface area contributed by atoms with Crippen molar-refractivity contribution in [1.82, 2.24) is 9.13 Å². The molecule has 180 valence electrons. The van der Waals surface area contributed by atoms with Crippen molar-refractivity contribution in [3.63, 3.8) is 0 Å². The van der Waals surface area contributed by atoms with Crippen molar-refractivity contribution in [2.75, 3.05) is 18.0 Å². The second-order valence-corrected chi connectivity index (χ2v) is 9.04. The van der Waals surface area contributed by atoms with Crippen molar-refractivity contribution in [2.24, 2.45) is 7.05 Å². The molecule has 6 nitrogen and oxygen atoms in total. The highest BCUT2D eigenvalue weighted by Gasteiger charge is 2.24. The zero-order valence-electron chi connectivity index (χ0n) is 18.8. The van der Waals surface area contributed by atoms with Gasteiger partial charge in [0.1, 0.15) is 17.4 Å². The summed E-state index contributed by atoms with van der Waals surface area (Å²) in [6.45, 7) is 0.799. The minimum atomic E-state index is -0.588. The fourth-order valence-electron chi connectivity index (χ4n) is 4.44. The number of phenols is 1. The summed E-state index contributed by atoms with van der Waals surface area (Å²) in [5, 5.41) is 21.2. The Bertz CT molecular complexity index is 1500. The number of hydrogen-bond acceptors (Lipinski definition) is 4. The van der Waals surface area contributed by atoms with E-state index in [0.717, 1.165) is 0 Å². The third kappa shape index (κ3) is 4.19. The number of aliphatic hydroxyl groups is 1. The number of phenolic OH excluding ortho intramolecular Hbond substituents is 1. The number of aliphatic hydroxyl groups excluding tert-OH is 1. The Balaban J connectivity index is 1.57. The molecule has 2 N–H and O–H groups in total. The number of nitrogens with zero attached hydrogens (tertiary/aromatic N) is 3. The van der Waals surface area contributed by atoms with E-state index in [1.54, 1.807) is 48.6 Å². The second kappa shape index (κ2) is 8.87. The van der Waals surface area contributed by atoms with Gasteiger partial charge in [-0.1, -0.05) is 23.7 Å². The summed E-state index contributed by atoms with van der Waals surface area (Å²) in [6, 6.07) is 11.5. The third-order valence-electron chi connectivity index (χ3n) is 6.30. The number of rotatable bonds is 4. The van der Waals surface area contributed by atoms with Gasteiger partial charge in [-0.25, -0.2) is 13.6 Å². The van der Waals surface area contributed by atoms with Crippen LogP contribution in [0.15, 0.2) is 65.7 Å². The Kier molecular flexibility index (Phi) is 5.86. The SMILES string of the molecule is Cn1ccn(-c2ccc(-c3cc(F)cc(-c4ccc(F)c(N5CC[C@@H](O)C5)c4)c3O)cc2Cl)c1=O. The van der Waals surface area contributed by atoms with Crippen LogP contribution in [-0.2, 0) is 7.05 Å². The van der Waals surface area contributed by atoms with Gasteiger partial charge in [-0.3, -0.25) is 4.57 Å². The van der Waals surface area contributed by atoms with Crippen LogP contribution in [0.5, 0.6) is 5.75 Å². The van der Waals surface area contributed by atoms with E-state index in [-0.39, 0.29) is 33.3 Å². The normalized spacial score (nSPS) is 15.7. The maximum atomic E-state index is 14.7. The first-order chi connectivity index (χ1) is 16.7. The standard InChI is InChI=1S/C26H22ClF2N3O3/c1-30-8-9-32(26(30)35)23-5-3-15(10-21(23)27)19-12-17(28)13-20(25(19)34)16-2-4-22(29)24(11-16)31-7-6-18(33)14-31/h2-5,8-13,18,33-34H,6-7,14H2,1H3/t18-/m1/s1. The molecule has 1 aliphatic rings. The zero-order chi connectivity index (χ0) is 24.9. The van der Waals surface area contributed by atoms with Crippen LogP contribution in [0, 0.1) is 11.6 Å². The topological polar surface area (TPSA) is 70.6 Å². The van der Waals surface area contributed by atoms with E-state index in [4.69, 9.17) is 11.6 Å². The Morgan fingerprint density at radius 2 is 1.66 bits per heavy atom. The number of β-amino-alcohol motifs (C(OH)–C–C–N with tert-alkyl or cyclic N) is 1. The molecule has 0 unspecified atom stereocenters. The van der Waals surface area contributed by atoms with Crippen LogP contribution < -0.4 is 10.6 Å². The molecule has 1 fully saturated rings. The van der Waals surface area contributed by atoms with Gasteiger partial charge in [0, 0.05) is 43.7 Å². The minimum Gasteiger partial charge on any atom is -0.507 e. The highest BCUT2D eigenvalue weighted by Crippen LogP contribution is 2.41. The average Bonchev–Trinajstić information content (AvgIpc) is 3.41. The molecule has 35 heavy (non-hydrogen) atoms. The number of aryl methyl sites for hydroxylation is 1. The third-order valence-corrected chi connectivity index (χ3v) is 6.60. The van der Waals surface area contributed by atoms with Crippen molar-refractivity contribution < 1.29 is 19.0 Å². The van der Waals surface area contributed by atoms with Crippen molar-refractivity contribution >= 4 is 17.3 Å². The monoisotopic (exact) mass is 497 g/mol. The predicted octanol–water partition coefficient (Wildman–Crippen LogP) is 4.72. The molecule has 2 heterocycles. The summed E-state index contributed by atoms with van der Waals surface area (Å²) in [7, 11) is 1.63. The molecular formula is C26H22ClF2N3O3. The number of aromatic nitrogens is 2. The minimum absolute atomic E-state index is 0.189. The van der Waals surface area contributed by atoms with Gasteiger partial charge in [-0.2, -0.15) is 0 Å². The molecular weight excluding hydrogens is 476 g/mol. The molecule has 1 atom stereocenters. The van der Waals surface area contributed by atoms with E-state index in [0.29, 0.717) is 36.3 Å². The fourth-order valence-corrected chi connectivity index (χ4v) is 4.71. The molecule has 1 aromatic heterocycles. The molecule has 1 aliphatic heterocycles. The van der Waals surface area contributed by atoms with Crippen molar-refractivity contribution in [1.29, 1.82) is 0 Å². The van der Waals surface area contributed by atoms with E-state index < -0.39 is 17.7 Å². The molecule has 0 saturated carbocycles. The summed E-state index contributed by atoms with van der Waals surface area (Å²) in [5.74, 6) is -1.24. The van der Waals surface area contributed by atoms with Gasteiger partial charge < -0.3 is 19.7 Å². The quantitative estimate of drug-likeness (QED) is 0.428. The van der Waals surface area contributed by atoms with Gasteiger partial charge in [0.15, 0.2) is 0 Å². The lowest BCUT2D eigenvalue weighted by Crippen LogP contribution is -2.22. The molecule has 0 radical (unpaired) electrons. The lowest BCUT2D eigenvalue weighted by atomic mass is 9.96. The molecule has 5 rings (SSSR count). The first kappa shape index (κ1) is 23.1. The Morgan fingerprint density at radius 1 is 0.971 bits per heavy atom. The second-order valence-electron chi connectivity index (χ2n) is 8.63. The lowest BCUT2D eigenvalue weighted by molar-refractivity contribution is 0.198. The number of benzene rings is 3. The molecule has 3 aromatic carbocycles. The van der Waals surface area contributed by atoms with Crippen LogP contribution in [0.2, 0.25) is 5.02 Å². The largest absolute Gasteiger partial charge is 0.507 e. The lowest BCUT2D eigenvalue weighted by Gasteiger charge is -2.20. The van der Waals surface area contributed by atoms with E-state index in [1.807, 2.05) is 0 Å². The maximum Gasteiger partial charge on any atom is 0.332 e. The van der Waals surface area contributed by atoms with Crippen LogP contribution in [0.25, 0.3) is 27.9 Å². The van der Waals surface area contributed by atoms with E-state index in [9.17, 15) is 23.8 Å². The van der Waals surface area contributed by atoms with Crippen LogP contribution in [-0.4, -0.2) is 38.5 Å². The van der Waals surface area contributed by atoms with E-state index in [2.05, 4.69) is 0 Å². The van der Waals surface area contributed by atoms with Gasteiger partial charge >= 0.3 is 5.69 Å². The van der Waals surface area contributed by atoms with Gasteiger partial charge in [0.2, 0.25) is 0 Å². The summed E-state index contributed by atoms with van der Waals surface area (Å²) in [4.78, 5) is 14.0. The first-order valence-electron chi connectivity index (χ1n) is 11.0. The van der Waals surface area contributed by atoms with Crippen LogP contribution >= 0.6 is 11.6 Å². The predicted molar refractivity (Wildman–Crippen MR) is 131 cm³/mol. The molecule has 4 aromatic rings. The van der Waals surface area contributed by atoms with Crippen LogP contribution in [0.4, 0.5) is 14.5 Å². The highest BCUT2D eigenvalue weighted by atomic mass is 35.5. The van der Waals surface area contributed by atoms with Gasteiger partial charge in [-0.05, 0) is 53.9 Å². The van der Waals surface area contributed by atoms with Gasteiger partial charge in [0.05, 0.1) is 22.5 Å². The van der Waals surface area contributed by atoms with Gasteiger partial charge in [0.25, 0.3) is 0 Å². The molecule has 0 amide bonds. The average molecular weight is 498 g/mol. The summed E-state index contributed by atoms with van der Waals surface area (Å²) in [6.07, 6.45) is 3.20. The molecule has 1 saturated heterocycles. The summed E-state index contributed by atoms with van der Waals surface area (Å²) in [5.41, 5.74) is 1.74. The molecule has 9 heteroatoms. The molecule has 0 bridgehead atoms. The highest BCUT2D eigenvalue weighted by molar-refractivity contribution is 6.32. The maximum absolute atomic E-state index is 14.7. The smallest absolute Gasteiger partial charge is 0.332 e. The Hall–Kier alpha value is -3.62. The number of anilines is 1. The van der Waals surface area contributed by atoms with Gasteiger partial charge in [-0.15, -0.1) is 0 Å².